The summed E-state index contributed by atoms with van der Waals surface area (Å²) in [6.07, 6.45) is 1.53. The van der Waals surface area contributed by atoms with E-state index in [0.29, 0.717) is 11.3 Å². The van der Waals surface area contributed by atoms with E-state index >= 15 is 0 Å². The Morgan fingerprint density at radius 1 is 0.941 bits per heavy atom. The van der Waals surface area contributed by atoms with E-state index in [0.717, 1.165) is 5.56 Å². The van der Waals surface area contributed by atoms with Crippen molar-refractivity contribution in [1.82, 2.24) is 5.32 Å². The Bertz CT molecular complexity index is 1340. The van der Waals surface area contributed by atoms with Crippen molar-refractivity contribution in [2.75, 3.05) is 17.1 Å². The van der Waals surface area contributed by atoms with Crippen LogP contribution in [-0.4, -0.2) is 27.3 Å². The number of nitrogens with one attached hydrogen (secondary N) is 3. The van der Waals surface area contributed by atoms with E-state index in [1.165, 1.54) is 26.2 Å². The molecule has 0 spiro atoms. The van der Waals surface area contributed by atoms with Gasteiger partial charge in [0, 0.05) is 12.6 Å². The van der Waals surface area contributed by atoms with Crippen molar-refractivity contribution in [3.63, 3.8) is 0 Å². The van der Waals surface area contributed by atoms with Crippen molar-refractivity contribution in [1.29, 1.82) is 0 Å². The fourth-order valence-corrected chi connectivity index (χ4v) is 4.50. The summed E-state index contributed by atoms with van der Waals surface area (Å²) in [5, 5.41) is 5.17. The Morgan fingerprint density at radius 2 is 1.62 bits per heavy atom. The number of hydrogen-bond acceptors (Lipinski definition) is 5. The van der Waals surface area contributed by atoms with Gasteiger partial charge in [0.1, 0.15) is 11.4 Å². The molecule has 9 heteroatoms. The number of anilines is 2. The van der Waals surface area contributed by atoms with Gasteiger partial charge in [-0.2, -0.15) is 0 Å². The molecule has 3 aromatic rings. The molecule has 2 amide bonds. The minimum atomic E-state index is -3.99. The third-order valence-corrected chi connectivity index (χ3v) is 6.26. The summed E-state index contributed by atoms with van der Waals surface area (Å²) in [5.41, 5.74) is 1.77. The van der Waals surface area contributed by atoms with Gasteiger partial charge >= 0.3 is 0 Å². The summed E-state index contributed by atoms with van der Waals surface area (Å²) < 4.78 is 33.9. The van der Waals surface area contributed by atoms with Gasteiger partial charge in [-0.3, -0.25) is 14.3 Å². The van der Waals surface area contributed by atoms with Crippen LogP contribution < -0.4 is 20.1 Å². The number of rotatable bonds is 8. The summed E-state index contributed by atoms with van der Waals surface area (Å²) >= 11 is 0. The van der Waals surface area contributed by atoms with Crippen molar-refractivity contribution in [3.05, 3.63) is 89.6 Å². The molecule has 176 valence electrons. The molecule has 0 aliphatic heterocycles. The maximum atomic E-state index is 13.1. The van der Waals surface area contributed by atoms with Gasteiger partial charge in [-0.15, -0.1) is 0 Å². The molecule has 0 radical (unpaired) electrons. The van der Waals surface area contributed by atoms with Gasteiger partial charge in [-0.05, 0) is 48.4 Å². The van der Waals surface area contributed by atoms with E-state index in [-0.39, 0.29) is 22.0 Å². The number of amides is 2. The molecule has 0 aromatic heterocycles. The monoisotopic (exact) mass is 479 g/mol. The quantitative estimate of drug-likeness (QED) is 0.424. The number of ether oxygens (including phenoxy) is 1. The number of aryl methyl sites for hydroxylation is 1. The zero-order valence-corrected chi connectivity index (χ0v) is 19.8. The summed E-state index contributed by atoms with van der Waals surface area (Å²) in [6, 6.07) is 20.2. The van der Waals surface area contributed by atoms with E-state index in [2.05, 4.69) is 15.4 Å². The number of para-hydroxylation sites is 2. The van der Waals surface area contributed by atoms with Crippen molar-refractivity contribution in [2.24, 2.45) is 0 Å². The lowest BCUT2D eigenvalue weighted by molar-refractivity contribution is -0.120. The topological polar surface area (TPSA) is 114 Å². The molecule has 0 atom stereocenters. The first-order valence-corrected chi connectivity index (χ1v) is 11.8. The lowest BCUT2D eigenvalue weighted by Gasteiger charge is -2.15. The van der Waals surface area contributed by atoms with Crippen LogP contribution in [0.2, 0.25) is 0 Å². The molecular formula is C25H25N3O5S. The minimum absolute atomic E-state index is 0.00989. The van der Waals surface area contributed by atoms with Gasteiger partial charge < -0.3 is 15.4 Å². The lowest BCUT2D eigenvalue weighted by atomic mass is 10.2. The Kier molecular flexibility index (Phi) is 7.70. The number of sulfonamides is 1. The normalized spacial score (nSPS) is 11.4. The molecule has 0 saturated heterocycles. The molecule has 3 rings (SSSR count). The van der Waals surface area contributed by atoms with Crippen LogP contribution in [-0.2, 0) is 19.6 Å². The SMILES string of the molecule is COc1ccccc1NS(=O)(=O)c1cc(NC(=O)/C(=C/c2ccccc2)NC(C)=O)ccc1C. The molecule has 0 unspecified atom stereocenters. The van der Waals surface area contributed by atoms with E-state index in [1.54, 1.807) is 67.6 Å². The number of carbonyl (C=O) groups is 2. The van der Waals surface area contributed by atoms with Crippen LogP contribution in [0.4, 0.5) is 11.4 Å². The lowest BCUT2D eigenvalue weighted by Crippen LogP contribution is -2.29. The molecule has 0 bridgehead atoms. The highest BCUT2D eigenvalue weighted by Crippen LogP contribution is 2.28. The first kappa shape index (κ1) is 24.5. The number of methoxy groups -OCH3 is 1. The van der Waals surface area contributed by atoms with Gasteiger partial charge in [0.2, 0.25) is 5.91 Å². The third kappa shape index (κ3) is 6.23. The Hall–Kier alpha value is -4.11. The number of hydrogen-bond donors (Lipinski definition) is 3. The van der Waals surface area contributed by atoms with Crippen LogP contribution >= 0.6 is 0 Å². The summed E-state index contributed by atoms with van der Waals surface area (Å²) in [5.74, 6) is -0.631. The van der Waals surface area contributed by atoms with E-state index in [1.807, 2.05) is 6.07 Å². The predicted octanol–water partition coefficient (Wildman–Crippen LogP) is 3.92. The maximum absolute atomic E-state index is 13.1. The van der Waals surface area contributed by atoms with E-state index in [4.69, 9.17) is 4.74 Å². The summed E-state index contributed by atoms with van der Waals surface area (Å²) in [4.78, 5) is 24.5. The molecule has 0 fully saturated rings. The van der Waals surface area contributed by atoms with Crippen LogP contribution in [0.3, 0.4) is 0 Å². The molecule has 3 aromatic carbocycles. The van der Waals surface area contributed by atoms with Gasteiger partial charge in [0.25, 0.3) is 15.9 Å². The zero-order valence-electron chi connectivity index (χ0n) is 19.0. The second-order valence-corrected chi connectivity index (χ2v) is 9.04. The number of benzene rings is 3. The van der Waals surface area contributed by atoms with E-state index < -0.39 is 21.8 Å². The second kappa shape index (κ2) is 10.7. The molecule has 0 saturated carbocycles. The van der Waals surface area contributed by atoms with Crippen LogP contribution in [0.5, 0.6) is 5.75 Å². The average molecular weight is 480 g/mol. The van der Waals surface area contributed by atoms with Gasteiger partial charge in [0.15, 0.2) is 0 Å². The van der Waals surface area contributed by atoms with Crippen LogP contribution in [0, 0.1) is 6.92 Å². The average Bonchev–Trinajstić information content (AvgIpc) is 2.80. The molecule has 34 heavy (non-hydrogen) atoms. The molecule has 0 heterocycles. The van der Waals surface area contributed by atoms with Gasteiger partial charge in [-0.25, -0.2) is 8.42 Å². The maximum Gasteiger partial charge on any atom is 0.272 e. The highest BCUT2D eigenvalue weighted by atomic mass is 32.2. The van der Waals surface area contributed by atoms with Crippen LogP contribution in [0.1, 0.15) is 18.1 Å². The largest absolute Gasteiger partial charge is 0.495 e. The highest BCUT2D eigenvalue weighted by molar-refractivity contribution is 7.92. The van der Waals surface area contributed by atoms with Crippen molar-refractivity contribution in [2.45, 2.75) is 18.7 Å². The Morgan fingerprint density at radius 3 is 2.29 bits per heavy atom. The fraction of sp³-hybridized carbons (Fsp3) is 0.120. The summed E-state index contributed by atoms with van der Waals surface area (Å²) in [6.45, 7) is 2.95. The highest BCUT2D eigenvalue weighted by Gasteiger charge is 2.20. The van der Waals surface area contributed by atoms with E-state index in [9.17, 15) is 18.0 Å². The summed E-state index contributed by atoms with van der Waals surface area (Å²) in [7, 11) is -2.54. The predicted molar refractivity (Wildman–Crippen MR) is 132 cm³/mol. The Labute approximate surface area is 198 Å². The molecule has 8 nitrogen and oxygen atoms in total. The smallest absolute Gasteiger partial charge is 0.272 e. The van der Waals surface area contributed by atoms with Crippen LogP contribution in [0.25, 0.3) is 6.08 Å². The van der Waals surface area contributed by atoms with Gasteiger partial charge in [-0.1, -0.05) is 48.5 Å². The molecular weight excluding hydrogens is 454 g/mol. The van der Waals surface area contributed by atoms with Crippen molar-refractivity contribution in [3.8, 4) is 5.75 Å². The van der Waals surface area contributed by atoms with Crippen LogP contribution in [0.15, 0.2) is 83.4 Å². The molecule has 0 aliphatic carbocycles. The number of carbonyl (C=O) groups excluding carboxylic acids is 2. The van der Waals surface area contributed by atoms with Gasteiger partial charge in [0.05, 0.1) is 17.7 Å². The third-order valence-electron chi connectivity index (χ3n) is 4.75. The molecule has 0 aliphatic rings. The fourth-order valence-electron chi connectivity index (χ4n) is 3.16. The minimum Gasteiger partial charge on any atom is -0.495 e. The Balaban J connectivity index is 1.89. The van der Waals surface area contributed by atoms with Crippen molar-refractivity contribution >= 4 is 39.3 Å². The standard InChI is InChI=1S/C25H25N3O5S/c1-17-13-14-20(16-24(17)34(31,32)28-21-11-7-8-12-23(21)33-3)27-25(30)22(26-18(2)29)15-19-9-5-4-6-10-19/h4-16,28H,1-3H3,(H,26,29)(H,27,30)/b22-15-. The second-order valence-electron chi connectivity index (χ2n) is 7.39. The molecule has 3 N–H and O–H groups in total. The zero-order chi connectivity index (χ0) is 24.7. The first-order chi connectivity index (χ1) is 16.2. The van der Waals surface area contributed by atoms with Crippen molar-refractivity contribution < 1.29 is 22.7 Å². The first-order valence-electron chi connectivity index (χ1n) is 10.3.